The third kappa shape index (κ3) is 3.36. The molecule has 1 aromatic carbocycles. The van der Waals surface area contributed by atoms with Crippen LogP contribution < -0.4 is 0 Å². The number of piperazine rings is 1. The smallest absolute Gasteiger partial charge is 0.233 e. The number of rotatable bonds is 3. The van der Waals surface area contributed by atoms with E-state index < -0.39 is 0 Å². The zero-order valence-corrected chi connectivity index (χ0v) is 13.0. The Labute approximate surface area is 129 Å². The number of amides is 1. The molecule has 0 saturated carbocycles. The maximum absolute atomic E-state index is 12.3. The van der Waals surface area contributed by atoms with Crippen molar-refractivity contribution in [1.82, 2.24) is 14.8 Å². The van der Waals surface area contributed by atoms with Crippen LogP contribution >= 0.6 is 11.8 Å². The number of nitrogens with zero attached hydrogens (tertiary/aromatic N) is 3. The Morgan fingerprint density at radius 1 is 1.19 bits per heavy atom. The Bertz CT molecular complexity index is 633. The highest BCUT2D eigenvalue weighted by Crippen LogP contribution is 2.26. The summed E-state index contributed by atoms with van der Waals surface area (Å²) in [6, 6.07) is 10.1. The van der Waals surface area contributed by atoms with Crippen molar-refractivity contribution in [1.29, 1.82) is 0 Å². The SMILES string of the molecule is CN1CCN(C(=O)CSc2cccc3cccnc23)CC1. The van der Waals surface area contributed by atoms with Crippen LogP contribution in [0, 0.1) is 0 Å². The molecule has 0 radical (unpaired) electrons. The molecule has 0 aliphatic carbocycles. The maximum atomic E-state index is 12.3. The van der Waals surface area contributed by atoms with Crippen LogP contribution in [0.3, 0.4) is 0 Å². The highest BCUT2D eigenvalue weighted by atomic mass is 32.2. The molecule has 5 heteroatoms. The lowest BCUT2D eigenvalue weighted by atomic mass is 10.2. The van der Waals surface area contributed by atoms with E-state index in [2.05, 4.69) is 29.1 Å². The zero-order chi connectivity index (χ0) is 14.7. The molecule has 0 atom stereocenters. The molecule has 0 spiro atoms. The first-order chi connectivity index (χ1) is 10.2. The third-order valence-electron chi connectivity index (χ3n) is 3.80. The van der Waals surface area contributed by atoms with E-state index in [-0.39, 0.29) is 5.91 Å². The molecule has 3 rings (SSSR count). The van der Waals surface area contributed by atoms with Gasteiger partial charge in [-0.1, -0.05) is 18.2 Å². The van der Waals surface area contributed by atoms with E-state index in [0.29, 0.717) is 5.75 Å². The Balaban J connectivity index is 1.65. The number of fused-ring (bicyclic) bond motifs is 1. The van der Waals surface area contributed by atoms with Crippen LogP contribution in [-0.4, -0.2) is 59.7 Å². The van der Waals surface area contributed by atoms with Gasteiger partial charge in [0.2, 0.25) is 5.91 Å². The number of hydrogen-bond donors (Lipinski definition) is 0. The van der Waals surface area contributed by atoms with Crippen LogP contribution in [0.5, 0.6) is 0 Å². The lowest BCUT2D eigenvalue weighted by Crippen LogP contribution is -2.47. The second-order valence-electron chi connectivity index (χ2n) is 5.30. The number of aromatic nitrogens is 1. The van der Waals surface area contributed by atoms with E-state index in [1.807, 2.05) is 23.1 Å². The van der Waals surface area contributed by atoms with Gasteiger partial charge in [-0.3, -0.25) is 9.78 Å². The lowest BCUT2D eigenvalue weighted by Gasteiger charge is -2.32. The lowest BCUT2D eigenvalue weighted by molar-refractivity contribution is -0.129. The first kappa shape index (κ1) is 14.4. The molecule has 1 fully saturated rings. The largest absolute Gasteiger partial charge is 0.339 e. The summed E-state index contributed by atoms with van der Waals surface area (Å²) in [7, 11) is 2.10. The minimum Gasteiger partial charge on any atom is -0.339 e. The number of pyridine rings is 1. The molecule has 1 amide bonds. The van der Waals surface area contributed by atoms with Gasteiger partial charge in [0.1, 0.15) is 0 Å². The molecule has 0 unspecified atom stereocenters. The van der Waals surface area contributed by atoms with Crippen molar-refractivity contribution in [3.8, 4) is 0 Å². The van der Waals surface area contributed by atoms with Crippen molar-refractivity contribution in [2.24, 2.45) is 0 Å². The molecule has 2 aromatic rings. The number of carbonyl (C=O) groups is 1. The first-order valence-electron chi connectivity index (χ1n) is 7.17. The van der Waals surface area contributed by atoms with E-state index in [9.17, 15) is 4.79 Å². The van der Waals surface area contributed by atoms with Crippen molar-refractivity contribution in [3.63, 3.8) is 0 Å². The molecule has 21 heavy (non-hydrogen) atoms. The molecule has 1 saturated heterocycles. The van der Waals surface area contributed by atoms with Crippen LogP contribution in [0.1, 0.15) is 0 Å². The summed E-state index contributed by atoms with van der Waals surface area (Å²) in [6.07, 6.45) is 1.80. The molecular weight excluding hydrogens is 282 g/mol. The van der Waals surface area contributed by atoms with Gasteiger partial charge in [0.15, 0.2) is 0 Å². The number of benzene rings is 1. The van der Waals surface area contributed by atoms with E-state index >= 15 is 0 Å². The number of thioether (sulfide) groups is 1. The molecular formula is C16H19N3OS. The summed E-state index contributed by atoms with van der Waals surface area (Å²) in [6.45, 7) is 3.60. The van der Waals surface area contributed by atoms with E-state index in [1.165, 1.54) is 0 Å². The monoisotopic (exact) mass is 301 g/mol. The zero-order valence-electron chi connectivity index (χ0n) is 12.2. The number of likely N-dealkylation sites (N-methyl/N-ethyl adjacent to an activating group) is 1. The van der Waals surface area contributed by atoms with Crippen LogP contribution in [0.15, 0.2) is 41.4 Å². The second kappa shape index (κ2) is 6.45. The Morgan fingerprint density at radius 2 is 1.95 bits per heavy atom. The summed E-state index contributed by atoms with van der Waals surface area (Å²) in [4.78, 5) is 22.0. The first-order valence-corrected chi connectivity index (χ1v) is 8.15. The summed E-state index contributed by atoms with van der Waals surface area (Å²) in [5.74, 6) is 0.709. The van der Waals surface area contributed by atoms with Gasteiger partial charge >= 0.3 is 0 Å². The Kier molecular flexibility index (Phi) is 4.41. The standard InChI is InChI=1S/C16H19N3OS/c1-18-8-10-19(11-9-18)15(20)12-21-14-6-2-4-13-5-3-7-17-16(13)14/h2-7H,8-12H2,1H3. The number of para-hydroxylation sites is 1. The van der Waals surface area contributed by atoms with Crippen molar-refractivity contribution >= 4 is 28.6 Å². The quantitative estimate of drug-likeness (QED) is 0.814. The van der Waals surface area contributed by atoms with Crippen LogP contribution in [0.25, 0.3) is 10.9 Å². The van der Waals surface area contributed by atoms with Gasteiger partial charge in [0, 0.05) is 42.7 Å². The Hall–Kier alpha value is -1.59. The van der Waals surface area contributed by atoms with Crippen LogP contribution in [0.4, 0.5) is 0 Å². The summed E-state index contributed by atoms with van der Waals surface area (Å²) in [5, 5.41) is 1.12. The van der Waals surface area contributed by atoms with Crippen LogP contribution in [0.2, 0.25) is 0 Å². The van der Waals surface area contributed by atoms with Gasteiger partial charge in [0.25, 0.3) is 0 Å². The Morgan fingerprint density at radius 3 is 2.76 bits per heavy atom. The van der Waals surface area contributed by atoms with Gasteiger partial charge < -0.3 is 9.80 Å². The highest BCUT2D eigenvalue weighted by molar-refractivity contribution is 8.00. The van der Waals surface area contributed by atoms with E-state index in [0.717, 1.165) is 42.0 Å². The molecule has 2 heterocycles. The molecule has 1 aromatic heterocycles. The predicted octanol–water partition coefficient (Wildman–Crippen LogP) is 2.10. The summed E-state index contributed by atoms with van der Waals surface area (Å²) in [5.41, 5.74) is 0.983. The van der Waals surface area contributed by atoms with Gasteiger partial charge in [0.05, 0.1) is 11.3 Å². The van der Waals surface area contributed by atoms with Crippen LogP contribution in [-0.2, 0) is 4.79 Å². The fourth-order valence-corrected chi connectivity index (χ4v) is 3.42. The van der Waals surface area contributed by atoms with Crippen molar-refractivity contribution in [2.45, 2.75) is 4.90 Å². The van der Waals surface area contributed by atoms with Gasteiger partial charge in [-0.05, 0) is 19.2 Å². The molecule has 110 valence electrons. The molecule has 4 nitrogen and oxygen atoms in total. The highest BCUT2D eigenvalue weighted by Gasteiger charge is 2.19. The van der Waals surface area contributed by atoms with Gasteiger partial charge in [-0.15, -0.1) is 11.8 Å². The molecule has 1 aliphatic heterocycles. The second-order valence-corrected chi connectivity index (χ2v) is 6.32. The van der Waals surface area contributed by atoms with Crippen molar-refractivity contribution < 1.29 is 4.79 Å². The third-order valence-corrected chi connectivity index (χ3v) is 4.83. The summed E-state index contributed by atoms with van der Waals surface area (Å²) >= 11 is 1.59. The fourth-order valence-electron chi connectivity index (χ4n) is 2.48. The molecule has 0 N–H and O–H groups in total. The van der Waals surface area contributed by atoms with Crippen molar-refractivity contribution in [3.05, 3.63) is 36.5 Å². The van der Waals surface area contributed by atoms with Gasteiger partial charge in [-0.2, -0.15) is 0 Å². The van der Waals surface area contributed by atoms with E-state index in [4.69, 9.17) is 0 Å². The average molecular weight is 301 g/mol. The van der Waals surface area contributed by atoms with Crippen molar-refractivity contribution in [2.75, 3.05) is 39.0 Å². The van der Waals surface area contributed by atoms with Gasteiger partial charge in [-0.25, -0.2) is 0 Å². The number of carbonyl (C=O) groups excluding carboxylic acids is 1. The normalized spacial score (nSPS) is 16.3. The topological polar surface area (TPSA) is 36.4 Å². The summed E-state index contributed by atoms with van der Waals surface area (Å²) < 4.78 is 0. The number of hydrogen-bond acceptors (Lipinski definition) is 4. The average Bonchev–Trinajstić information content (AvgIpc) is 2.53. The van der Waals surface area contributed by atoms with E-state index in [1.54, 1.807) is 18.0 Å². The fraction of sp³-hybridized carbons (Fsp3) is 0.375. The molecule has 0 bridgehead atoms. The predicted molar refractivity (Wildman–Crippen MR) is 86.5 cm³/mol. The molecule has 1 aliphatic rings. The minimum absolute atomic E-state index is 0.223. The maximum Gasteiger partial charge on any atom is 0.233 e. The minimum atomic E-state index is 0.223.